The minimum atomic E-state index is 0.0772. The molecule has 3 rings (SSSR count). The molecule has 172 valence electrons. The molecule has 5 nitrogen and oxygen atoms in total. The van der Waals surface area contributed by atoms with Crippen LogP contribution in [0.1, 0.15) is 26.2 Å². The number of hydrogen-bond donors (Lipinski definition) is 0. The smallest absolute Gasteiger partial charge is 0.161 e. The van der Waals surface area contributed by atoms with Gasteiger partial charge in [0.15, 0.2) is 5.78 Å². The second-order valence-corrected chi connectivity index (χ2v) is 8.60. The highest BCUT2D eigenvalue weighted by molar-refractivity contribution is 6.32. The van der Waals surface area contributed by atoms with E-state index in [2.05, 4.69) is 16.4 Å². The summed E-state index contributed by atoms with van der Waals surface area (Å²) in [6.07, 6.45) is 10.7. The molecule has 1 saturated heterocycles. The van der Waals surface area contributed by atoms with Gasteiger partial charge in [-0.2, -0.15) is 0 Å². The van der Waals surface area contributed by atoms with Gasteiger partial charge < -0.3 is 19.3 Å². The van der Waals surface area contributed by atoms with E-state index < -0.39 is 0 Å². The van der Waals surface area contributed by atoms with Gasteiger partial charge in [0.2, 0.25) is 0 Å². The third kappa shape index (κ3) is 6.75. The molecule has 0 bridgehead atoms. The molecule has 0 unspecified atom stereocenters. The average molecular weight is 457 g/mol. The number of methoxy groups -OCH3 is 1. The highest BCUT2D eigenvalue weighted by Gasteiger charge is 2.23. The maximum atomic E-state index is 12.1. The topological polar surface area (TPSA) is 42.0 Å². The van der Waals surface area contributed by atoms with Gasteiger partial charge in [0.05, 0.1) is 12.1 Å². The standard InChI is InChI=1S/C26H33ClN2O3/c1-4-8-23(31-3)17-21-18-29(19-24(21)20(2)30)14-7-13-28-15-11-22(12-16-28)32-26-10-6-5-9-25(26)27/h4-6,8-10,17,19,22H,1,7,11-16,18H2,2-3H3/b21-17+,23-8+. The Bertz CT molecular complexity index is 898. The summed E-state index contributed by atoms with van der Waals surface area (Å²) in [6, 6.07) is 7.66. The molecule has 1 fully saturated rings. The fourth-order valence-electron chi connectivity index (χ4n) is 4.13. The first-order chi connectivity index (χ1) is 15.5. The number of para-hydroxylation sites is 1. The zero-order valence-corrected chi connectivity index (χ0v) is 19.8. The normalized spacial score (nSPS) is 19.2. The number of nitrogens with zero attached hydrogens (tertiary/aromatic N) is 2. The van der Waals surface area contributed by atoms with Crippen LogP contribution in [0.2, 0.25) is 5.02 Å². The Labute approximate surface area is 196 Å². The third-order valence-corrected chi connectivity index (χ3v) is 6.14. The quantitative estimate of drug-likeness (QED) is 0.366. The van der Waals surface area contributed by atoms with E-state index >= 15 is 0 Å². The number of rotatable bonds is 10. The van der Waals surface area contributed by atoms with Crippen LogP contribution in [0.15, 0.2) is 72.2 Å². The summed E-state index contributed by atoms with van der Waals surface area (Å²) in [5.74, 6) is 1.55. The number of Topliss-reactive ketones (excluding diaryl/α,β-unsaturated/α-hetero) is 1. The predicted molar refractivity (Wildman–Crippen MR) is 130 cm³/mol. The van der Waals surface area contributed by atoms with E-state index in [0.717, 1.165) is 68.9 Å². The number of ketones is 1. The summed E-state index contributed by atoms with van der Waals surface area (Å²) < 4.78 is 11.5. The first kappa shape index (κ1) is 24.1. The number of likely N-dealkylation sites (tertiary alicyclic amines) is 1. The highest BCUT2D eigenvalue weighted by Crippen LogP contribution is 2.27. The number of ether oxygens (including phenoxy) is 2. The lowest BCUT2D eigenvalue weighted by Crippen LogP contribution is -2.39. The summed E-state index contributed by atoms with van der Waals surface area (Å²) in [5.41, 5.74) is 1.75. The van der Waals surface area contributed by atoms with Crippen molar-refractivity contribution in [2.45, 2.75) is 32.3 Å². The minimum Gasteiger partial charge on any atom is -0.497 e. The number of piperidine rings is 1. The van der Waals surface area contributed by atoms with Crippen LogP contribution in [0.3, 0.4) is 0 Å². The fraction of sp³-hybridized carbons (Fsp3) is 0.423. The molecule has 2 aliphatic rings. The molecule has 0 amide bonds. The van der Waals surface area contributed by atoms with Crippen LogP contribution in [0.4, 0.5) is 0 Å². The number of halogens is 1. The van der Waals surface area contributed by atoms with E-state index in [0.29, 0.717) is 10.8 Å². The number of carbonyl (C=O) groups is 1. The maximum absolute atomic E-state index is 12.1. The molecule has 1 aromatic carbocycles. The number of benzene rings is 1. The summed E-state index contributed by atoms with van der Waals surface area (Å²) in [5, 5.41) is 0.671. The molecule has 0 aliphatic carbocycles. The van der Waals surface area contributed by atoms with Crippen molar-refractivity contribution in [1.29, 1.82) is 0 Å². The number of allylic oxidation sites excluding steroid dienone is 3. The molecule has 0 radical (unpaired) electrons. The monoisotopic (exact) mass is 456 g/mol. The number of carbonyl (C=O) groups excluding carboxylic acids is 1. The molecule has 1 aromatic rings. The largest absolute Gasteiger partial charge is 0.497 e. The third-order valence-electron chi connectivity index (χ3n) is 5.83. The van der Waals surface area contributed by atoms with Crippen molar-refractivity contribution in [3.63, 3.8) is 0 Å². The van der Waals surface area contributed by atoms with Gasteiger partial charge in [-0.3, -0.25) is 4.79 Å². The summed E-state index contributed by atoms with van der Waals surface area (Å²) in [7, 11) is 1.62. The van der Waals surface area contributed by atoms with Crippen molar-refractivity contribution in [1.82, 2.24) is 9.80 Å². The molecule has 0 aromatic heterocycles. The van der Waals surface area contributed by atoms with Crippen molar-refractivity contribution < 1.29 is 14.3 Å². The second kappa shape index (κ2) is 11.9. The van der Waals surface area contributed by atoms with Crippen LogP contribution in [0.25, 0.3) is 0 Å². The van der Waals surface area contributed by atoms with Crippen molar-refractivity contribution in [3.05, 3.63) is 77.2 Å². The Hall–Kier alpha value is -2.50. The molecular weight excluding hydrogens is 424 g/mol. The Kier molecular flexibility index (Phi) is 9.00. The molecular formula is C26H33ClN2O3. The van der Waals surface area contributed by atoms with E-state index in [-0.39, 0.29) is 11.9 Å². The number of hydrogen-bond acceptors (Lipinski definition) is 5. The Morgan fingerprint density at radius 3 is 2.66 bits per heavy atom. The molecule has 0 saturated carbocycles. The lowest BCUT2D eigenvalue weighted by molar-refractivity contribution is -0.113. The van der Waals surface area contributed by atoms with Gasteiger partial charge in [0.1, 0.15) is 17.6 Å². The van der Waals surface area contributed by atoms with Gasteiger partial charge in [-0.15, -0.1) is 0 Å². The lowest BCUT2D eigenvalue weighted by Gasteiger charge is -2.32. The first-order valence-electron chi connectivity index (χ1n) is 11.2. The molecule has 2 aliphatic heterocycles. The Balaban J connectivity index is 1.44. The van der Waals surface area contributed by atoms with Gasteiger partial charge in [-0.25, -0.2) is 0 Å². The molecule has 0 spiro atoms. The maximum Gasteiger partial charge on any atom is 0.161 e. The predicted octanol–water partition coefficient (Wildman–Crippen LogP) is 5.00. The van der Waals surface area contributed by atoms with E-state index in [9.17, 15) is 4.79 Å². The zero-order chi connectivity index (χ0) is 22.9. The molecule has 0 N–H and O–H groups in total. The van der Waals surface area contributed by atoms with Crippen molar-refractivity contribution in [2.24, 2.45) is 0 Å². The van der Waals surface area contributed by atoms with Crippen LogP contribution < -0.4 is 4.74 Å². The van der Waals surface area contributed by atoms with Crippen LogP contribution in [-0.4, -0.2) is 61.5 Å². The second-order valence-electron chi connectivity index (χ2n) is 8.19. The van der Waals surface area contributed by atoms with Gasteiger partial charge in [0, 0.05) is 38.0 Å². The van der Waals surface area contributed by atoms with E-state index in [1.807, 2.05) is 36.5 Å². The summed E-state index contributed by atoms with van der Waals surface area (Å²) in [4.78, 5) is 16.8. The van der Waals surface area contributed by atoms with Crippen LogP contribution in [0, 0.1) is 0 Å². The SMILES string of the molecule is C=C/C=C(\C=C1/CN(CCCN2CCC(Oc3ccccc3Cl)CC2)C=C1C(C)=O)OC. The van der Waals surface area contributed by atoms with Gasteiger partial charge >= 0.3 is 0 Å². The molecule has 32 heavy (non-hydrogen) atoms. The Morgan fingerprint density at radius 2 is 2.00 bits per heavy atom. The van der Waals surface area contributed by atoms with E-state index in [1.54, 1.807) is 26.2 Å². The van der Waals surface area contributed by atoms with Crippen molar-refractivity contribution in [2.75, 3.05) is 39.8 Å². The average Bonchev–Trinajstić information content (AvgIpc) is 3.19. The van der Waals surface area contributed by atoms with Crippen LogP contribution in [-0.2, 0) is 9.53 Å². The van der Waals surface area contributed by atoms with E-state index in [1.165, 1.54) is 0 Å². The highest BCUT2D eigenvalue weighted by atomic mass is 35.5. The fourth-order valence-corrected chi connectivity index (χ4v) is 4.31. The van der Waals surface area contributed by atoms with Gasteiger partial charge in [-0.1, -0.05) is 36.4 Å². The van der Waals surface area contributed by atoms with Crippen LogP contribution in [0.5, 0.6) is 5.75 Å². The van der Waals surface area contributed by atoms with Crippen molar-refractivity contribution >= 4 is 17.4 Å². The van der Waals surface area contributed by atoms with E-state index in [4.69, 9.17) is 21.1 Å². The summed E-state index contributed by atoms with van der Waals surface area (Å²) >= 11 is 6.21. The first-order valence-corrected chi connectivity index (χ1v) is 11.6. The molecule has 2 heterocycles. The van der Waals surface area contributed by atoms with Gasteiger partial charge in [-0.05, 0) is 62.6 Å². The van der Waals surface area contributed by atoms with Crippen molar-refractivity contribution in [3.8, 4) is 5.75 Å². The summed E-state index contributed by atoms with van der Waals surface area (Å²) in [6.45, 7) is 10.1. The molecule has 0 atom stereocenters. The Morgan fingerprint density at radius 1 is 1.25 bits per heavy atom. The lowest BCUT2D eigenvalue weighted by atomic mass is 10.1. The zero-order valence-electron chi connectivity index (χ0n) is 19.1. The molecule has 6 heteroatoms. The minimum absolute atomic E-state index is 0.0772. The van der Waals surface area contributed by atoms with Crippen LogP contribution >= 0.6 is 11.6 Å². The van der Waals surface area contributed by atoms with Gasteiger partial charge in [0.25, 0.3) is 0 Å².